The number of benzene rings is 4. The first kappa shape index (κ1) is 47.8. The van der Waals surface area contributed by atoms with Crippen molar-refractivity contribution in [3.05, 3.63) is 160 Å². The lowest BCUT2D eigenvalue weighted by Gasteiger charge is -2.31. The summed E-state index contributed by atoms with van der Waals surface area (Å²) in [5.74, 6) is -4.96. The van der Waals surface area contributed by atoms with Gasteiger partial charge in [0.2, 0.25) is 11.7 Å². The second kappa shape index (κ2) is 20.9. The van der Waals surface area contributed by atoms with Crippen LogP contribution < -0.4 is 10.6 Å². The molecule has 3 N–H and O–H groups in total. The van der Waals surface area contributed by atoms with E-state index in [-0.39, 0.29) is 42.5 Å². The largest absolute Gasteiger partial charge is 0.460 e. The highest BCUT2D eigenvalue weighted by molar-refractivity contribution is 5.96. The molecule has 0 aromatic heterocycles. The van der Waals surface area contributed by atoms with Crippen molar-refractivity contribution in [1.29, 1.82) is 0 Å². The molecular formula is C49H49F3N2O11. The second-order valence-corrected chi connectivity index (χ2v) is 16.4. The molecule has 13 nitrogen and oxygen atoms in total. The van der Waals surface area contributed by atoms with E-state index in [2.05, 4.69) is 15.4 Å². The fourth-order valence-electron chi connectivity index (χ4n) is 7.21. The van der Waals surface area contributed by atoms with Crippen LogP contribution in [0, 0.1) is 0 Å². The summed E-state index contributed by atoms with van der Waals surface area (Å²) in [5.41, 5.74) is 2.03. The molecule has 342 valence electrons. The number of carbonyl (C=O) groups is 5. The zero-order chi connectivity index (χ0) is 46.8. The van der Waals surface area contributed by atoms with Gasteiger partial charge in [0.05, 0.1) is 18.2 Å². The van der Waals surface area contributed by atoms with Crippen LogP contribution in [0.25, 0.3) is 6.08 Å². The number of hydrogen-bond donors (Lipinski definition) is 3. The molecule has 0 bridgehead atoms. The van der Waals surface area contributed by atoms with E-state index in [0.29, 0.717) is 22.3 Å². The first-order valence-electron chi connectivity index (χ1n) is 20.8. The molecule has 4 atom stereocenters. The average molecular weight is 899 g/mol. The van der Waals surface area contributed by atoms with Crippen LogP contribution in [0.5, 0.6) is 0 Å². The van der Waals surface area contributed by atoms with Crippen LogP contribution in [0.2, 0.25) is 0 Å². The number of esters is 3. The quantitative estimate of drug-likeness (QED) is 0.0608. The van der Waals surface area contributed by atoms with Crippen molar-refractivity contribution >= 4 is 35.8 Å². The molecule has 0 spiro atoms. The number of carbonyl (C=O) groups excluding carboxylic acids is 5. The Hall–Kier alpha value is -6.62. The number of aliphatic hydroxyl groups is 1. The third-order valence-electron chi connectivity index (χ3n) is 10.2. The summed E-state index contributed by atoms with van der Waals surface area (Å²) >= 11 is 0. The maximum Gasteiger partial charge on any atom is 0.422 e. The van der Waals surface area contributed by atoms with Crippen molar-refractivity contribution in [3.63, 3.8) is 0 Å². The number of halogens is 3. The molecule has 6 rings (SSSR count). The van der Waals surface area contributed by atoms with E-state index in [1.165, 1.54) is 30.3 Å². The van der Waals surface area contributed by atoms with Crippen molar-refractivity contribution in [2.45, 2.75) is 88.5 Å². The normalized spacial score (nSPS) is 18.4. The number of hydrogen-bond acceptors (Lipinski definition) is 11. The Bertz CT molecular complexity index is 2360. The Kier molecular flexibility index (Phi) is 15.4. The molecule has 1 fully saturated rings. The van der Waals surface area contributed by atoms with Crippen LogP contribution in [-0.4, -0.2) is 84.2 Å². The van der Waals surface area contributed by atoms with Crippen LogP contribution in [-0.2, 0) is 50.4 Å². The SMILES string of the molecule is CC(C)(C)OC(=O)CC[C@@H](CO)NC(=O)c1cccc(CNC(=O)C2=C[C@H]3OC(c4ccccc4)(c4ccccc4)O[C@H]3[C@H](OC(=O)c3cccc(C=CC(=O)OCC(F)(F)F)c3)C2)c1. The Morgan fingerprint density at radius 2 is 1.51 bits per heavy atom. The first-order chi connectivity index (χ1) is 30.9. The van der Waals surface area contributed by atoms with Crippen molar-refractivity contribution in [2.75, 3.05) is 13.2 Å². The summed E-state index contributed by atoms with van der Waals surface area (Å²) in [4.78, 5) is 65.1. The van der Waals surface area contributed by atoms with Gasteiger partial charge in [-0.2, -0.15) is 13.2 Å². The van der Waals surface area contributed by atoms with E-state index in [9.17, 15) is 42.3 Å². The van der Waals surface area contributed by atoms with Crippen LogP contribution in [0.3, 0.4) is 0 Å². The molecule has 1 aliphatic heterocycles. The van der Waals surface area contributed by atoms with Gasteiger partial charge in [-0.25, -0.2) is 9.59 Å². The van der Waals surface area contributed by atoms with Crippen molar-refractivity contribution in [2.24, 2.45) is 0 Å². The summed E-state index contributed by atoms with van der Waals surface area (Å²) in [6.07, 6.45) is -3.89. The highest BCUT2D eigenvalue weighted by Gasteiger charge is 2.55. The number of aliphatic hydroxyl groups excluding tert-OH is 1. The lowest BCUT2D eigenvalue weighted by Crippen LogP contribution is -2.43. The summed E-state index contributed by atoms with van der Waals surface area (Å²) in [6, 6.07) is 30.0. The summed E-state index contributed by atoms with van der Waals surface area (Å²) < 4.78 is 66.7. The van der Waals surface area contributed by atoms with E-state index in [4.69, 9.17) is 18.9 Å². The molecule has 1 saturated heterocycles. The third-order valence-corrected chi connectivity index (χ3v) is 10.2. The molecule has 2 amide bonds. The number of alkyl halides is 3. The molecular weight excluding hydrogens is 850 g/mol. The molecule has 4 aromatic carbocycles. The van der Waals surface area contributed by atoms with Gasteiger partial charge in [0.1, 0.15) is 23.9 Å². The smallest absolute Gasteiger partial charge is 0.422 e. The van der Waals surface area contributed by atoms with E-state index in [1.807, 2.05) is 60.7 Å². The van der Waals surface area contributed by atoms with E-state index < -0.39 is 84.9 Å². The molecule has 16 heteroatoms. The lowest BCUT2D eigenvalue weighted by atomic mass is 9.91. The maximum atomic E-state index is 14.0. The van der Waals surface area contributed by atoms with Crippen LogP contribution in [0.1, 0.15) is 83.0 Å². The van der Waals surface area contributed by atoms with E-state index in [0.717, 1.165) is 6.08 Å². The minimum Gasteiger partial charge on any atom is -0.460 e. The highest BCUT2D eigenvalue weighted by atomic mass is 19.4. The Balaban J connectivity index is 1.19. The number of amides is 2. The van der Waals surface area contributed by atoms with Gasteiger partial charge in [-0.3, -0.25) is 14.4 Å². The van der Waals surface area contributed by atoms with Crippen LogP contribution in [0.4, 0.5) is 13.2 Å². The van der Waals surface area contributed by atoms with Gasteiger partial charge in [0.25, 0.3) is 5.91 Å². The second-order valence-electron chi connectivity index (χ2n) is 16.4. The molecule has 4 aromatic rings. The number of rotatable bonds is 16. The van der Waals surface area contributed by atoms with E-state index in [1.54, 1.807) is 51.1 Å². The molecule has 1 aliphatic carbocycles. The Morgan fingerprint density at radius 1 is 0.846 bits per heavy atom. The standard InChI is InChI=1S/C49H49F3N2O11/c1-47(2,3)64-42(57)23-21-38(29-55)54-45(59)33-14-11-13-32(25-33)28-53-44(58)35-26-39(62-46(60)34-15-10-12-31(24-34)20-22-41(56)61-30-48(50,51)52)43-40(27-35)63-49(65-43,36-16-6-4-7-17-36)37-18-8-5-9-19-37/h4-20,22,24-25,27,38-40,43,55H,21,23,26,28-30H2,1-3H3,(H,53,58)(H,54,59)/t38-,39+,40+,43-/m0/s1. The molecule has 65 heavy (non-hydrogen) atoms. The van der Waals surface area contributed by atoms with Gasteiger partial charge in [-0.15, -0.1) is 0 Å². The minimum absolute atomic E-state index is 0.00268. The first-order valence-corrected chi connectivity index (χ1v) is 20.8. The van der Waals surface area contributed by atoms with Gasteiger partial charge in [0, 0.05) is 47.7 Å². The predicted octanol–water partition coefficient (Wildman–Crippen LogP) is 6.88. The fraction of sp³-hybridized carbons (Fsp3) is 0.327. The van der Waals surface area contributed by atoms with Crippen molar-refractivity contribution < 1.29 is 65.9 Å². The number of nitrogens with one attached hydrogen (secondary N) is 2. The monoisotopic (exact) mass is 898 g/mol. The maximum absolute atomic E-state index is 14.0. The van der Waals surface area contributed by atoms with Gasteiger partial charge < -0.3 is 39.4 Å². The molecule has 0 saturated carbocycles. The fourth-order valence-corrected chi connectivity index (χ4v) is 7.21. The molecule has 1 heterocycles. The minimum atomic E-state index is -4.69. The number of fused-ring (bicyclic) bond motifs is 1. The molecule has 2 aliphatic rings. The lowest BCUT2D eigenvalue weighted by molar-refractivity contribution is -0.182. The molecule has 0 radical (unpaired) electrons. The summed E-state index contributed by atoms with van der Waals surface area (Å²) in [5, 5.41) is 15.5. The van der Waals surface area contributed by atoms with Gasteiger partial charge in [-0.1, -0.05) is 84.9 Å². The van der Waals surface area contributed by atoms with Crippen LogP contribution in [0.15, 0.2) is 127 Å². The highest BCUT2D eigenvalue weighted by Crippen LogP contribution is 2.47. The van der Waals surface area contributed by atoms with Gasteiger partial charge in [0.15, 0.2) is 6.61 Å². The zero-order valence-corrected chi connectivity index (χ0v) is 35.8. The van der Waals surface area contributed by atoms with Gasteiger partial charge >= 0.3 is 24.1 Å². The predicted molar refractivity (Wildman–Crippen MR) is 230 cm³/mol. The van der Waals surface area contributed by atoms with E-state index >= 15 is 0 Å². The summed E-state index contributed by atoms with van der Waals surface area (Å²) in [6.45, 7) is 3.09. The van der Waals surface area contributed by atoms with Crippen molar-refractivity contribution in [1.82, 2.24) is 10.6 Å². The van der Waals surface area contributed by atoms with Gasteiger partial charge in [-0.05, 0) is 74.7 Å². The average Bonchev–Trinajstić information content (AvgIpc) is 3.69. The Labute approximate surface area is 373 Å². The topological polar surface area (TPSA) is 176 Å². The van der Waals surface area contributed by atoms with Crippen LogP contribution >= 0.6 is 0 Å². The zero-order valence-electron chi connectivity index (χ0n) is 35.8. The molecule has 0 unspecified atom stereocenters. The number of ether oxygens (including phenoxy) is 5. The Morgan fingerprint density at radius 3 is 2.15 bits per heavy atom. The summed E-state index contributed by atoms with van der Waals surface area (Å²) in [7, 11) is 0. The third kappa shape index (κ3) is 13.2. The van der Waals surface area contributed by atoms with Crippen molar-refractivity contribution in [3.8, 4) is 0 Å².